The third-order valence-corrected chi connectivity index (χ3v) is 26.1. The van der Waals surface area contributed by atoms with Gasteiger partial charge in [-0.05, 0) is 198 Å². The molecule has 26 aromatic rings. The Labute approximate surface area is 784 Å². The summed E-state index contributed by atoms with van der Waals surface area (Å²) < 4.78 is 18.1. The summed E-state index contributed by atoms with van der Waals surface area (Å²) >= 11 is 0. The van der Waals surface area contributed by atoms with Crippen molar-refractivity contribution in [1.82, 2.24) is 39.0 Å². The fourth-order valence-corrected chi connectivity index (χ4v) is 19.3. The van der Waals surface area contributed by atoms with Gasteiger partial charge in [0, 0.05) is 87.8 Å². The number of benzene rings is 20. The lowest BCUT2D eigenvalue weighted by molar-refractivity contribution is 0.669. The largest absolute Gasteiger partial charge is 0.456 e. The highest BCUT2D eigenvalue weighted by Gasteiger charge is 2.24. The van der Waals surface area contributed by atoms with Crippen molar-refractivity contribution in [1.29, 1.82) is 0 Å². The van der Waals surface area contributed by atoms with Crippen molar-refractivity contribution < 1.29 is 8.83 Å². The van der Waals surface area contributed by atoms with Gasteiger partial charge < -0.3 is 18.0 Å². The summed E-state index contributed by atoms with van der Waals surface area (Å²) in [5, 5.41) is 8.62. The molecule has 0 bridgehead atoms. The third kappa shape index (κ3) is 15.1. The average molecular weight is 1740 g/mol. The van der Waals surface area contributed by atoms with Crippen LogP contribution in [0, 0.1) is 0 Å². The van der Waals surface area contributed by atoms with E-state index in [0.717, 1.165) is 177 Å². The predicted molar refractivity (Wildman–Crippen MR) is 559 cm³/mol. The number of nitrogens with zero attached hydrogens (tertiary/aromatic N) is 8. The molecule has 26 rings (SSSR count). The molecule has 0 aliphatic carbocycles. The zero-order valence-electron chi connectivity index (χ0n) is 73.6. The molecular formula is C126H80N8O2. The fraction of sp³-hybridized carbons (Fsp3) is 0. The molecule has 0 atom stereocenters. The number of hydrogen-bond acceptors (Lipinski definition) is 8. The quantitative estimate of drug-likeness (QED) is 0.0940. The second-order valence-electron chi connectivity index (χ2n) is 34.4. The van der Waals surface area contributed by atoms with Gasteiger partial charge in [0.05, 0.1) is 22.1 Å². The van der Waals surface area contributed by atoms with Crippen molar-refractivity contribution in [2.24, 2.45) is 0 Å². The molecule has 6 aromatic heterocycles. The highest BCUT2D eigenvalue weighted by Crippen LogP contribution is 2.45. The smallest absolute Gasteiger partial charge is 0.164 e. The van der Waals surface area contributed by atoms with E-state index in [1.54, 1.807) is 0 Å². The highest BCUT2D eigenvalue weighted by atomic mass is 16.3. The summed E-state index contributed by atoms with van der Waals surface area (Å²) in [6, 6.07) is 171. The second kappa shape index (κ2) is 34.2. The van der Waals surface area contributed by atoms with Crippen molar-refractivity contribution in [2.75, 3.05) is 0 Å². The Kier molecular flexibility index (Phi) is 20.0. The van der Waals surface area contributed by atoms with E-state index in [-0.39, 0.29) is 0 Å². The van der Waals surface area contributed by atoms with Crippen LogP contribution in [0.5, 0.6) is 0 Å². The van der Waals surface area contributed by atoms with E-state index in [1.165, 1.54) is 44.2 Å². The first-order chi connectivity index (χ1) is 67.3. The van der Waals surface area contributed by atoms with Gasteiger partial charge in [0.15, 0.2) is 34.9 Å². The maximum Gasteiger partial charge on any atom is 0.164 e. The Hall–Kier alpha value is -18.4. The first kappa shape index (κ1) is 79.8. The number of para-hydroxylation sites is 2. The van der Waals surface area contributed by atoms with Crippen LogP contribution in [-0.2, 0) is 0 Å². The number of rotatable bonds is 16. The van der Waals surface area contributed by atoms with Crippen LogP contribution in [0.2, 0.25) is 0 Å². The van der Waals surface area contributed by atoms with Crippen LogP contribution >= 0.6 is 0 Å². The number of fused-ring (bicyclic) bond motifs is 12. The van der Waals surface area contributed by atoms with Crippen LogP contribution in [-0.4, -0.2) is 39.0 Å². The summed E-state index contributed by atoms with van der Waals surface area (Å²) in [5.41, 5.74) is 33.8. The Morgan fingerprint density at radius 3 is 0.669 bits per heavy atom. The van der Waals surface area contributed by atoms with Gasteiger partial charge in [-0.25, -0.2) is 29.9 Å². The van der Waals surface area contributed by atoms with Crippen molar-refractivity contribution in [3.05, 3.63) is 485 Å². The van der Waals surface area contributed by atoms with Gasteiger partial charge in [0.1, 0.15) is 22.3 Å². The topological polar surface area (TPSA) is 113 Å². The number of furan rings is 2. The molecule has 0 amide bonds. The maximum absolute atomic E-state index is 6.67. The van der Waals surface area contributed by atoms with E-state index in [4.69, 9.17) is 38.7 Å². The lowest BCUT2D eigenvalue weighted by Gasteiger charge is -2.11. The van der Waals surface area contributed by atoms with Gasteiger partial charge >= 0.3 is 0 Å². The van der Waals surface area contributed by atoms with E-state index in [0.29, 0.717) is 34.9 Å². The first-order valence-electron chi connectivity index (χ1n) is 45.8. The SMILES string of the molecule is c1ccc(-c2ccc(-c3cccc(-n4c5ccccc5c5cc6oc7ccc(-c8nc(-c9ccc(-c%10ccccc%10)cc9)nc(-c9ccc(-c%10ccccc%10)cc9)n8)cc7c6cc54)c3)cc2)cc1.c1ccc(-c2ccc(-c3cccc(-n4c5ccccc5c5cc6oc7ccc(-c8nc(-c9cccc(-c%10ccccc%10)c9)nc(-c9cccc(-c%10ccccc%10)c9)n8)cc7c6cc54)c3)cc2)cc1. The van der Waals surface area contributed by atoms with E-state index >= 15 is 0 Å². The van der Waals surface area contributed by atoms with Gasteiger partial charge in [-0.1, -0.05) is 376 Å². The lowest BCUT2D eigenvalue weighted by Crippen LogP contribution is -2.00. The molecule has 136 heavy (non-hydrogen) atoms. The summed E-state index contributed by atoms with van der Waals surface area (Å²) in [5.74, 6) is 3.59. The van der Waals surface area contributed by atoms with Gasteiger partial charge in [0.2, 0.25) is 0 Å². The van der Waals surface area contributed by atoms with Crippen LogP contribution in [0.25, 0.3) is 256 Å². The standard InChI is InChI=1S/2C63H40N4O/c1-4-15-41(16-5-1)44-29-31-45(32-30-44)48-23-14-26-52(37-48)67-57-28-11-10-27-53(57)54-40-60-56(39-58(54)67)55-38-51(33-34-59(55)68-60)63-65-61(49-24-12-21-46(35-49)42-17-6-2-7-18-42)64-62(66-63)50-25-13-22-47(36-50)43-19-8-3-9-20-43;1-4-13-41(14-5-1)44-23-25-47(26-24-44)50-19-12-20-52(37-50)67-57-22-11-10-21-53(57)54-40-60-56(39-58(54)67)55-38-51(35-36-59(55)68-60)63-65-61(48-31-27-45(28-32-48)42-15-6-2-7-16-42)64-62(66-63)49-33-29-46(30-34-49)43-17-8-3-9-18-43/h2*1-40H. The predicted octanol–water partition coefficient (Wildman–Crippen LogP) is 33.1. The third-order valence-electron chi connectivity index (χ3n) is 26.1. The molecule has 6 heterocycles. The Balaban J connectivity index is 0.000000145. The van der Waals surface area contributed by atoms with Gasteiger partial charge in [-0.15, -0.1) is 0 Å². The Morgan fingerprint density at radius 1 is 0.125 bits per heavy atom. The normalized spacial score (nSPS) is 11.5. The Bertz CT molecular complexity index is 8830. The number of aromatic nitrogens is 8. The molecule has 20 aromatic carbocycles. The molecule has 10 heteroatoms. The van der Waals surface area contributed by atoms with Crippen molar-refractivity contribution in [3.8, 4) is 169 Å². The maximum atomic E-state index is 6.67. The zero-order valence-corrected chi connectivity index (χ0v) is 73.6. The summed E-state index contributed by atoms with van der Waals surface area (Å²) in [4.78, 5) is 31.0. The van der Waals surface area contributed by atoms with E-state index in [9.17, 15) is 0 Å². The molecule has 0 fully saturated rings. The van der Waals surface area contributed by atoms with Crippen LogP contribution in [0.3, 0.4) is 0 Å². The monoisotopic (exact) mass is 1740 g/mol. The summed E-state index contributed by atoms with van der Waals surface area (Å²) in [6.45, 7) is 0. The van der Waals surface area contributed by atoms with Gasteiger partial charge in [0.25, 0.3) is 0 Å². The minimum atomic E-state index is 0.584. The summed E-state index contributed by atoms with van der Waals surface area (Å²) in [7, 11) is 0. The van der Waals surface area contributed by atoms with Crippen LogP contribution < -0.4 is 0 Å². The molecule has 0 aliphatic heterocycles. The van der Waals surface area contributed by atoms with Crippen molar-refractivity contribution >= 4 is 87.5 Å². The molecule has 0 unspecified atom stereocenters. The van der Waals surface area contributed by atoms with Crippen LogP contribution in [0.4, 0.5) is 0 Å². The van der Waals surface area contributed by atoms with Crippen LogP contribution in [0.1, 0.15) is 0 Å². The minimum absolute atomic E-state index is 0.584. The average Bonchev–Trinajstić information content (AvgIpc) is 1.57. The van der Waals surface area contributed by atoms with Gasteiger partial charge in [-0.2, -0.15) is 0 Å². The fourth-order valence-electron chi connectivity index (χ4n) is 19.3. The zero-order chi connectivity index (χ0) is 89.9. The molecule has 0 saturated carbocycles. The van der Waals surface area contributed by atoms with Crippen LogP contribution in [0.15, 0.2) is 494 Å². The van der Waals surface area contributed by atoms with Crippen molar-refractivity contribution in [3.63, 3.8) is 0 Å². The molecular weight excluding hydrogens is 1660 g/mol. The molecule has 0 aliphatic rings. The first-order valence-corrected chi connectivity index (χ1v) is 45.8. The molecule has 0 saturated heterocycles. The lowest BCUT2D eigenvalue weighted by atomic mass is 10.00. The molecule has 0 spiro atoms. The molecule has 636 valence electrons. The number of hydrogen-bond donors (Lipinski definition) is 0. The highest BCUT2D eigenvalue weighted by molar-refractivity contribution is 6.19. The van der Waals surface area contributed by atoms with Gasteiger partial charge in [-0.3, -0.25) is 0 Å². The summed E-state index contributed by atoms with van der Waals surface area (Å²) in [6.07, 6.45) is 0. The molecule has 0 radical (unpaired) electrons. The molecule has 10 nitrogen and oxygen atoms in total. The van der Waals surface area contributed by atoms with E-state index in [1.807, 2.05) is 36.4 Å². The molecule has 0 N–H and O–H groups in total. The second-order valence-corrected chi connectivity index (χ2v) is 34.4. The minimum Gasteiger partial charge on any atom is -0.456 e. The van der Waals surface area contributed by atoms with E-state index < -0.39 is 0 Å². The Morgan fingerprint density at radius 2 is 0.346 bits per heavy atom. The van der Waals surface area contributed by atoms with Crippen molar-refractivity contribution in [2.45, 2.75) is 0 Å². The van der Waals surface area contributed by atoms with E-state index in [2.05, 4.69) is 458 Å².